The van der Waals surface area contributed by atoms with Crippen molar-refractivity contribution < 1.29 is 28.5 Å². The second-order valence-corrected chi connectivity index (χ2v) is 8.13. The zero-order valence-corrected chi connectivity index (χ0v) is 19.2. The summed E-state index contributed by atoms with van der Waals surface area (Å²) in [5.74, 6) is 1.32. The number of aromatic hydroxyl groups is 1. The van der Waals surface area contributed by atoms with Crippen LogP contribution in [0.2, 0.25) is 0 Å². The Bertz CT molecular complexity index is 1190. The van der Waals surface area contributed by atoms with Crippen LogP contribution in [-0.2, 0) is 6.42 Å². The topological polar surface area (TPSA) is 113 Å². The summed E-state index contributed by atoms with van der Waals surface area (Å²) in [5, 5.41) is 10.6. The molecular weight excluding hydrogens is 414 g/mol. The lowest BCUT2D eigenvalue weighted by atomic mass is 9.94. The molecule has 0 atom stereocenters. The van der Waals surface area contributed by atoms with Gasteiger partial charge in [0, 0.05) is 22.7 Å². The average molecular weight is 443 g/mol. The molecule has 3 rings (SSSR count). The minimum Gasteiger partial charge on any atom is -0.507 e. The molecule has 2 aromatic carbocycles. The third kappa shape index (κ3) is 4.31. The normalized spacial score (nSPS) is 11.5. The number of nitrogens with two attached hydrogens (primary N) is 1. The lowest BCUT2D eigenvalue weighted by Gasteiger charge is -2.20. The van der Waals surface area contributed by atoms with Crippen LogP contribution in [0.4, 0.5) is 0 Å². The Morgan fingerprint density at radius 3 is 2.19 bits per heavy atom. The molecule has 0 aliphatic carbocycles. The highest BCUT2D eigenvalue weighted by molar-refractivity contribution is 5.91. The third-order valence-corrected chi connectivity index (χ3v) is 5.26. The van der Waals surface area contributed by atoms with E-state index in [-0.39, 0.29) is 28.2 Å². The summed E-state index contributed by atoms with van der Waals surface area (Å²) in [4.78, 5) is 13.3. The van der Waals surface area contributed by atoms with Crippen molar-refractivity contribution in [3.63, 3.8) is 0 Å². The molecule has 8 heteroatoms. The Morgan fingerprint density at radius 2 is 1.62 bits per heavy atom. The number of fused-ring (bicyclic) bond motifs is 1. The lowest BCUT2D eigenvalue weighted by molar-refractivity contribution is 0.355. The maximum absolute atomic E-state index is 13.3. The molecule has 0 spiro atoms. The van der Waals surface area contributed by atoms with E-state index in [0.29, 0.717) is 41.2 Å². The number of ether oxygens (including phenoxy) is 4. The molecule has 32 heavy (non-hydrogen) atoms. The van der Waals surface area contributed by atoms with Crippen molar-refractivity contribution in [2.24, 2.45) is 5.73 Å². The molecule has 0 bridgehead atoms. The molecule has 3 N–H and O–H groups in total. The maximum Gasteiger partial charge on any atom is 0.239 e. The van der Waals surface area contributed by atoms with Gasteiger partial charge in [-0.3, -0.25) is 4.79 Å². The minimum atomic E-state index is -0.494. The number of methoxy groups -OCH3 is 4. The van der Waals surface area contributed by atoms with Gasteiger partial charge in [0.1, 0.15) is 22.5 Å². The molecule has 0 aliphatic rings. The van der Waals surface area contributed by atoms with Crippen LogP contribution in [-0.4, -0.2) is 39.1 Å². The predicted octanol–water partition coefficient (Wildman–Crippen LogP) is 3.87. The van der Waals surface area contributed by atoms with Gasteiger partial charge >= 0.3 is 0 Å². The Morgan fingerprint density at radius 1 is 0.969 bits per heavy atom. The summed E-state index contributed by atoms with van der Waals surface area (Å²) >= 11 is 0. The molecular formula is C24H29NO7. The van der Waals surface area contributed by atoms with Crippen LogP contribution in [0.3, 0.4) is 0 Å². The van der Waals surface area contributed by atoms with E-state index in [9.17, 15) is 9.90 Å². The summed E-state index contributed by atoms with van der Waals surface area (Å²) in [6, 6.07) is 6.54. The molecule has 1 heterocycles. The highest BCUT2D eigenvalue weighted by Gasteiger charge is 2.25. The van der Waals surface area contributed by atoms with Crippen LogP contribution in [0.1, 0.15) is 25.8 Å². The molecule has 0 saturated carbocycles. The molecule has 172 valence electrons. The van der Waals surface area contributed by atoms with Crippen molar-refractivity contribution in [1.29, 1.82) is 0 Å². The van der Waals surface area contributed by atoms with Gasteiger partial charge in [-0.2, -0.15) is 0 Å². The summed E-state index contributed by atoms with van der Waals surface area (Å²) in [5.41, 5.74) is 6.64. The first kappa shape index (κ1) is 23.3. The van der Waals surface area contributed by atoms with Crippen LogP contribution < -0.4 is 30.1 Å². The van der Waals surface area contributed by atoms with Gasteiger partial charge in [0.05, 0.1) is 28.4 Å². The second kappa shape index (κ2) is 9.00. The van der Waals surface area contributed by atoms with Gasteiger partial charge in [-0.15, -0.1) is 0 Å². The zero-order valence-electron chi connectivity index (χ0n) is 19.2. The number of hydrogen-bond donors (Lipinski definition) is 2. The standard InChI is InChI=1S/C24H29NO7/c1-24(2,25)10-9-14-17(29-4)12-15(26)19-20(27)23(31-6)21(32-22(14)19)13-7-8-16(28-3)18(11-13)30-5/h7-8,11-12,26H,9-10,25H2,1-6H3. The van der Waals surface area contributed by atoms with Gasteiger partial charge in [-0.1, -0.05) is 0 Å². The monoisotopic (exact) mass is 443 g/mol. The summed E-state index contributed by atoms with van der Waals surface area (Å²) in [6.07, 6.45) is 1.08. The van der Waals surface area contributed by atoms with E-state index >= 15 is 0 Å². The Kier molecular flexibility index (Phi) is 6.55. The summed E-state index contributed by atoms with van der Waals surface area (Å²) in [7, 11) is 5.93. The number of benzene rings is 2. The Labute approximate surface area is 186 Å². The van der Waals surface area contributed by atoms with E-state index in [2.05, 4.69) is 0 Å². The van der Waals surface area contributed by atoms with Crippen molar-refractivity contribution in [2.75, 3.05) is 28.4 Å². The van der Waals surface area contributed by atoms with Gasteiger partial charge in [-0.25, -0.2) is 0 Å². The summed E-state index contributed by atoms with van der Waals surface area (Å²) < 4.78 is 27.8. The van der Waals surface area contributed by atoms with Gasteiger partial charge in [-0.05, 0) is 44.9 Å². The van der Waals surface area contributed by atoms with E-state index in [4.69, 9.17) is 29.1 Å². The third-order valence-electron chi connectivity index (χ3n) is 5.26. The van der Waals surface area contributed by atoms with Crippen LogP contribution in [0.5, 0.6) is 28.7 Å². The second-order valence-electron chi connectivity index (χ2n) is 8.13. The molecule has 0 aliphatic heterocycles. The van der Waals surface area contributed by atoms with E-state index < -0.39 is 11.0 Å². The first-order valence-electron chi connectivity index (χ1n) is 10.1. The quantitative estimate of drug-likeness (QED) is 0.539. The molecule has 0 radical (unpaired) electrons. The van der Waals surface area contributed by atoms with Crippen molar-refractivity contribution >= 4 is 11.0 Å². The van der Waals surface area contributed by atoms with Crippen molar-refractivity contribution in [3.8, 4) is 40.1 Å². The zero-order chi connectivity index (χ0) is 23.6. The van der Waals surface area contributed by atoms with E-state index in [1.807, 2.05) is 13.8 Å². The molecule has 0 fully saturated rings. The molecule has 0 amide bonds. The van der Waals surface area contributed by atoms with E-state index in [1.165, 1.54) is 34.5 Å². The van der Waals surface area contributed by atoms with Crippen LogP contribution >= 0.6 is 0 Å². The largest absolute Gasteiger partial charge is 0.507 e. The fourth-order valence-electron chi connectivity index (χ4n) is 3.58. The lowest BCUT2D eigenvalue weighted by Crippen LogP contribution is -2.32. The van der Waals surface area contributed by atoms with Crippen molar-refractivity contribution in [2.45, 2.75) is 32.2 Å². The number of phenols is 1. The van der Waals surface area contributed by atoms with Gasteiger partial charge in [0.15, 0.2) is 17.3 Å². The highest BCUT2D eigenvalue weighted by Crippen LogP contribution is 2.41. The smallest absolute Gasteiger partial charge is 0.239 e. The van der Waals surface area contributed by atoms with Crippen molar-refractivity contribution in [3.05, 3.63) is 40.1 Å². The van der Waals surface area contributed by atoms with Gasteiger partial charge in [0.2, 0.25) is 11.2 Å². The number of rotatable bonds is 8. The highest BCUT2D eigenvalue weighted by atomic mass is 16.5. The number of hydrogen-bond acceptors (Lipinski definition) is 8. The first-order chi connectivity index (χ1) is 15.1. The molecule has 8 nitrogen and oxygen atoms in total. The van der Waals surface area contributed by atoms with Crippen LogP contribution in [0.25, 0.3) is 22.3 Å². The molecule has 3 aromatic rings. The fraction of sp³-hybridized carbons (Fsp3) is 0.375. The minimum absolute atomic E-state index is 0.0247. The van der Waals surface area contributed by atoms with E-state index in [1.54, 1.807) is 18.2 Å². The summed E-state index contributed by atoms with van der Waals surface area (Å²) in [6.45, 7) is 3.83. The fourth-order valence-corrected chi connectivity index (χ4v) is 3.58. The van der Waals surface area contributed by atoms with Gasteiger partial charge < -0.3 is 34.2 Å². The van der Waals surface area contributed by atoms with Crippen LogP contribution in [0.15, 0.2) is 33.5 Å². The molecule has 0 unspecified atom stereocenters. The van der Waals surface area contributed by atoms with Crippen molar-refractivity contribution in [1.82, 2.24) is 0 Å². The number of aryl methyl sites for hydroxylation is 1. The predicted molar refractivity (Wildman–Crippen MR) is 122 cm³/mol. The maximum atomic E-state index is 13.3. The van der Waals surface area contributed by atoms with Crippen LogP contribution in [0, 0.1) is 0 Å². The Balaban J connectivity index is 2.36. The Hall–Kier alpha value is -3.39. The van der Waals surface area contributed by atoms with Gasteiger partial charge in [0.25, 0.3) is 0 Å². The molecule has 0 saturated heterocycles. The SMILES string of the molecule is COc1ccc(-c2oc3c(CCC(C)(C)N)c(OC)cc(O)c3c(=O)c2OC)cc1OC. The first-order valence-corrected chi connectivity index (χ1v) is 10.1. The molecule has 1 aromatic heterocycles. The number of phenolic OH excluding ortho intramolecular Hbond substituents is 1. The average Bonchev–Trinajstić information content (AvgIpc) is 2.76. The van der Waals surface area contributed by atoms with E-state index in [0.717, 1.165) is 0 Å².